The molecule has 1 aromatic carbocycles. The van der Waals surface area contributed by atoms with Gasteiger partial charge in [-0.25, -0.2) is 13.6 Å². The number of imide groups is 1. The van der Waals surface area contributed by atoms with E-state index >= 15 is 0 Å². The molecule has 1 aromatic rings. The molecule has 100 valence electrons. The summed E-state index contributed by atoms with van der Waals surface area (Å²) >= 11 is 0. The summed E-state index contributed by atoms with van der Waals surface area (Å²) in [5.74, 6) is -3.43. The van der Waals surface area contributed by atoms with E-state index in [4.69, 9.17) is 0 Å². The number of amides is 4. The number of carbonyl (C=O) groups is 3. The smallest absolute Gasteiger partial charge is 0.322 e. The second kappa shape index (κ2) is 5.01. The number of hydrogen-bond acceptors (Lipinski definition) is 3. The first-order valence-corrected chi connectivity index (χ1v) is 5.32. The van der Waals surface area contributed by atoms with E-state index in [9.17, 15) is 23.2 Å². The molecule has 8 heteroatoms. The van der Waals surface area contributed by atoms with Crippen LogP contribution in [0.4, 0.5) is 13.6 Å². The highest BCUT2D eigenvalue weighted by Crippen LogP contribution is 2.08. The Bertz CT molecular complexity index is 562. The summed E-state index contributed by atoms with van der Waals surface area (Å²) in [5, 5.41) is 6.61. The van der Waals surface area contributed by atoms with Crippen molar-refractivity contribution in [3.8, 4) is 0 Å². The fourth-order valence-electron chi connectivity index (χ4n) is 1.54. The van der Waals surface area contributed by atoms with E-state index in [1.165, 1.54) is 0 Å². The number of rotatable bonds is 3. The first-order valence-electron chi connectivity index (χ1n) is 5.32. The van der Waals surface area contributed by atoms with Crippen LogP contribution in [0.3, 0.4) is 0 Å². The van der Waals surface area contributed by atoms with Crippen molar-refractivity contribution in [2.75, 3.05) is 6.54 Å². The van der Waals surface area contributed by atoms with E-state index in [0.717, 1.165) is 18.2 Å². The summed E-state index contributed by atoms with van der Waals surface area (Å²) in [4.78, 5) is 33.6. The lowest BCUT2D eigenvalue weighted by Gasteiger charge is -2.09. The molecule has 1 atom stereocenters. The third-order valence-corrected chi connectivity index (χ3v) is 2.51. The standard InChI is InChI=1S/C11H9F2N3O3/c12-6-2-1-5(3-7(6)13)9(17)14-4-8-10(18)16-11(19)15-8/h1-3,8H,4H2,(H,14,17)(H2,15,16,18,19). The lowest BCUT2D eigenvalue weighted by Crippen LogP contribution is -2.41. The molecule has 0 bridgehead atoms. The Morgan fingerprint density at radius 1 is 1.26 bits per heavy atom. The highest BCUT2D eigenvalue weighted by molar-refractivity contribution is 6.04. The maximum absolute atomic E-state index is 12.9. The average Bonchev–Trinajstić information content (AvgIpc) is 2.68. The Kier molecular flexibility index (Phi) is 3.41. The summed E-state index contributed by atoms with van der Waals surface area (Å²) in [6.45, 7) is -0.143. The highest BCUT2D eigenvalue weighted by Gasteiger charge is 2.29. The molecule has 1 fully saturated rings. The molecule has 1 aliphatic heterocycles. The summed E-state index contributed by atoms with van der Waals surface area (Å²) in [5.41, 5.74) is -0.0800. The van der Waals surface area contributed by atoms with Crippen LogP contribution in [0.15, 0.2) is 18.2 Å². The van der Waals surface area contributed by atoms with Gasteiger partial charge >= 0.3 is 6.03 Å². The largest absolute Gasteiger partial charge is 0.349 e. The summed E-state index contributed by atoms with van der Waals surface area (Å²) < 4.78 is 25.6. The van der Waals surface area contributed by atoms with E-state index in [0.29, 0.717) is 0 Å². The Morgan fingerprint density at radius 3 is 2.58 bits per heavy atom. The average molecular weight is 269 g/mol. The molecule has 0 spiro atoms. The molecule has 1 aliphatic rings. The highest BCUT2D eigenvalue weighted by atomic mass is 19.2. The second-order valence-electron chi connectivity index (χ2n) is 3.85. The van der Waals surface area contributed by atoms with Crippen LogP contribution in [0.5, 0.6) is 0 Å². The van der Waals surface area contributed by atoms with Crippen LogP contribution >= 0.6 is 0 Å². The van der Waals surface area contributed by atoms with Crippen molar-refractivity contribution in [3.63, 3.8) is 0 Å². The van der Waals surface area contributed by atoms with Crippen LogP contribution in [0.1, 0.15) is 10.4 Å². The Balaban J connectivity index is 1.96. The maximum atomic E-state index is 12.9. The Hall–Kier alpha value is -2.51. The summed E-state index contributed by atoms with van der Waals surface area (Å²) in [7, 11) is 0. The fourth-order valence-corrected chi connectivity index (χ4v) is 1.54. The van der Waals surface area contributed by atoms with Gasteiger partial charge in [0.15, 0.2) is 11.6 Å². The zero-order chi connectivity index (χ0) is 14.0. The molecular formula is C11H9F2N3O3. The molecule has 1 saturated heterocycles. The minimum absolute atomic E-state index is 0.0800. The van der Waals surface area contributed by atoms with Crippen molar-refractivity contribution in [2.45, 2.75) is 6.04 Å². The van der Waals surface area contributed by atoms with E-state index < -0.39 is 35.5 Å². The quantitative estimate of drug-likeness (QED) is 0.670. The van der Waals surface area contributed by atoms with Crippen LogP contribution in [-0.2, 0) is 4.79 Å². The molecule has 0 saturated carbocycles. The Labute approximate surface area is 106 Å². The molecule has 4 amide bonds. The number of hydrogen-bond donors (Lipinski definition) is 3. The lowest BCUT2D eigenvalue weighted by atomic mass is 10.2. The van der Waals surface area contributed by atoms with Crippen LogP contribution in [0.25, 0.3) is 0 Å². The zero-order valence-electron chi connectivity index (χ0n) is 9.50. The SMILES string of the molecule is O=C1NC(=O)C(CNC(=O)c2ccc(F)c(F)c2)N1. The topological polar surface area (TPSA) is 87.3 Å². The van der Waals surface area contributed by atoms with E-state index in [2.05, 4.69) is 10.6 Å². The van der Waals surface area contributed by atoms with Gasteiger partial charge in [-0.1, -0.05) is 0 Å². The number of nitrogens with one attached hydrogen (secondary N) is 3. The minimum atomic E-state index is -1.14. The first kappa shape index (κ1) is 12.9. The molecular weight excluding hydrogens is 260 g/mol. The van der Waals surface area contributed by atoms with Gasteiger partial charge in [0.1, 0.15) is 6.04 Å². The monoisotopic (exact) mass is 269 g/mol. The molecule has 0 radical (unpaired) electrons. The van der Waals surface area contributed by atoms with Crippen molar-refractivity contribution >= 4 is 17.8 Å². The van der Waals surface area contributed by atoms with Gasteiger partial charge in [0.2, 0.25) is 0 Å². The summed E-state index contributed by atoms with van der Waals surface area (Å²) in [6.07, 6.45) is 0. The molecule has 1 heterocycles. The van der Waals surface area contributed by atoms with Gasteiger partial charge in [-0.3, -0.25) is 14.9 Å². The van der Waals surface area contributed by atoms with Gasteiger partial charge in [0.05, 0.1) is 0 Å². The maximum Gasteiger partial charge on any atom is 0.322 e. The van der Waals surface area contributed by atoms with Crippen LogP contribution in [-0.4, -0.2) is 30.4 Å². The van der Waals surface area contributed by atoms with Gasteiger partial charge < -0.3 is 10.6 Å². The molecule has 2 rings (SSSR count). The van der Waals surface area contributed by atoms with Gasteiger partial charge in [-0.05, 0) is 18.2 Å². The van der Waals surface area contributed by atoms with Crippen molar-refractivity contribution in [3.05, 3.63) is 35.4 Å². The minimum Gasteiger partial charge on any atom is -0.349 e. The summed E-state index contributed by atoms with van der Waals surface area (Å²) in [6, 6.07) is 1.17. The van der Waals surface area contributed by atoms with Gasteiger partial charge in [0, 0.05) is 12.1 Å². The third-order valence-electron chi connectivity index (χ3n) is 2.51. The van der Waals surface area contributed by atoms with Crippen molar-refractivity contribution < 1.29 is 23.2 Å². The normalized spacial score (nSPS) is 17.9. The third kappa shape index (κ3) is 2.84. The van der Waals surface area contributed by atoms with E-state index in [1.54, 1.807) is 0 Å². The van der Waals surface area contributed by atoms with Gasteiger partial charge in [0.25, 0.3) is 11.8 Å². The fraction of sp³-hybridized carbons (Fsp3) is 0.182. The lowest BCUT2D eigenvalue weighted by molar-refractivity contribution is -0.120. The molecule has 0 aromatic heterocycles. The second-order valence-corrected chi connectivity index (χ2v) is 3.85. The number of halogens is 2. The van der Waals surface area contributed by atoms with E-state index in [1.807, 2.05) is 5.32 Å². The predicted octanol–water partition coefficient (Wildman–Crippen LogP) is -0.0974. The number of benzene rings is 1. The van der Waals surface area contributed by atoms with Gasteiger partial charge in [-0.2, -0.15) is 0 Å². The van der Waals surface area contributed by atoms with Crippen molar-refractivity contribution in [1.29, 1.82) is 0 Å². The van der Waals surface area contributed by atoms with Gasteiger partial charge in [-0.15, -0.1) is 0 Å². The first-order chi connectivity index (χ1) is 8.97. The molecule has 3 N–H and O–H groups in total. The number of carbonyl (C=O) groups excluding carboxylic acids is 3. The van der Waals surface area contributed by atoms with Crippen LogP contribution < -0.4 is 16.0 Å². The van der Waals surface area contributed by atoms with Crippen LogP contribution in [0.2, 0.25) is 0 Å². The van der Waals surface area contributed by atoms with Crippen LogP contribution in [0, 0.1) is 11.6 Å². The predicted molar refractivity (Wildman–Crippen MR) is 59.2 cm³/mol. The van der Waals surface area contributed by atoms with Crippen molar-refractivity contribution in [1.82, 2.24) is 16.0 Å². The molecule has 19 heavy (non-hydrogen) atoms. The molecule has 6 nitrogen and oxygen atoms in total. The van der Waals surface area contributed by atoms with E-state index in [-0.39, 0.29) is 12.1 Å². The Morgan fingerprint density at radius 2 is 2.00 bits per heavy atom. The zero-order valence-corrected chi connectivity index (χ0v) is 9.50. The van der Waals surface area contributed by atoms with Crippen molar-refractivity contribution in [2.24, 2.45) is 0 Å². The molecule has 1 unspecified atom stereocenters. The number of urea groups is 1. The molecule has 0 aliphatic carbocycles.